The normalized spacial score (nSPS) is 17.5. The molecule has 0 aliphatic carbocycles. The number of nitrogens with zero attached hydrogens (tertiary/aromatic N) is 3. The Bertz CT molecular complexity index is 873. The van der Waals surface area contributed by atoms with Gasteiger partial charge in [-0.1, -0.05) is 11.6 Å². The fourth-order valence-electron chi connectivity index (χ4n) is 2.59. The molecule has 0 fully saturated rings. The zero-order valence-corrected chi connectivity index (χ0v) is 13.9. The lowest BCUT2D eigenvalue weighted by molar-refractivity contribution is -0.112. The van der Waals surface area contributed by atoms with Crippen molar-refractivity contribution in [1.29, 1.82) is 0 Å². The Morgan fingerprint density at radius 1 is 1.48 bits per heavy atom. The Morgan fingerprint density at radius 3 is 3.17 bits per heavy atom. The van der Waals surface area contributed by atoms with Gasteiger partial charge in [0.2, 0.25) is 0 Å². The first-order valence-corrected chi connectivity index (χ1v) is 8.39. The highest BCUT2D eigenvalue weighted by Gasteiger charge is 2.32. The second-order valence-electron chi connectivity index (χ2n) is 5.27. The molecular weight excluding hydrogens is 336 g/mol. The summed E-state index contributed by atoms with van der Waals surface area (Å²) in [5.41, 5.74) is 2.11. The molecule has 0 spiro atoms. The number of anilines is 1. The highest BCUT2D eigenvalue weighted by molar-refractivity contribution is 8.18. The lowest BCUT2D eigenvalue weighted by Crippen LogP contribution is -2.28. The van der Waals surface area contributed by atoms with Crippen LogP contribution in [0, 0.1) is 0 Å². The molecule has 0 atom stereocenters. The van der Waals surface area contributed by atoms with Crippen LogP contribution in [0.15, 0.2) is 38.2 Å². The maximum absolute atomic E-state index is 12.5. The molecule has 6 nitrogen and oxygen atoms in total. The van der Waals surface area contributed by atoms with Gasteiger partial charge in [0, 0.05) is 23.8 Å². The van der Waals surface area contributed by atoms with Crippen molar-refractivity contribution in [3.05, 3.63) is 33.8 Å². The molecule has 0 bridgehead atoms. The van der Waals surface area contributed by atoms with Gasteiger partial charge in [0.1, 0.15) is 5.52 Å². The number of hydrogen-bond acceptors (Lipinski definition) is 6. The molecule has 1 aromatic carbocycles. The number of amidine groups is 1. The zero-order chi connectivity index (χ0) is 16.0. The maximum atomic E-state index is 12.5. The Morgan fingerprint density at radius 2 is 2.35 bits per heavy atom. The van der Waals surface area contributed by atoms with Gasteiger partial charge in [-0.2, -0.15) is 4.98 Å². The first kappa shape index (κ1) is 14.6. The van der Waals surface area contributed by atoms with Gasteiger partial charge in [-0.05, 0) is 43.3 Å². The van der Waals surface area contributed by atoms with Crippen molar-refractivity contribution in [2.45, 2.75) is 13.3 Å². The van der Waals surface area contributed by atoms with E-state index in [0.29, 0.717) is 21.0 Å². The third-order valence-electron chi connectivity index (χ3n) is 3.72. The van der Waals surface area contributed by atoms with Gasteiger partial charge in [-0.25, -0.2) is 0 Å². The van der Waals surface area contributed by atoms with Crippen LogP contribution in [0.1, 0.15) is 13.3 Å². The van der Waals surface area contributed by atoms with E-state index in [2.05, 4.69) is 20.2 Å². The van der Waals surface area contributed by atoms with Gasteiger partial charge in [-0.15, -0.1) is 0 Å². The van der Waals surface area contributed by atoms with Gasteiger partial charge in [0.15, 0.2) is 10.8 Å². The van der Waals surface area contributed by atoms with Crippen molar-refractivity contribution in [2.24, 2.45) is 4.99 Å². The van der Waals surface area contributed by atoms with Gasteiger partial charge in [0.05, 0.1) is 4.91 Å². The SMILES string of the molecule is CC1=C(C(=O)Nc2nc3cc(Cl)ccc3o2)SC2=NCCCN21. The lowest BCUT2D eigenvalue weighted by atomic mass is 10.3. The molecule has 1 N–H and O–H groups in total. The number of allylic oxidation sites excluding steroid dienone is 1. The van der Waals surface area contributed by atoms with E-state index in [1.165, 1.54) is 11.8 Å². The second kappa shape index (κ2) is 5.58. The van der Waals surface area contributed by atoms with Crippen LogP contribution in [0.3, 0.4) is 0 Å². The minimum absolute atomic E-state index is 0.167. The summed E-state index contributed by atoms with van der Waals surface area (Å²) in [6.07, 6.45) is 1.00. The first-order chi connectivity index (χ1) is 11.1. The van der Waals surface area contributed by atoms with Gasteiger partial charge < -0.3 is 9.32 Å². The number of carbonyl (C=O) groups is 1. The van der Waals surface area contributed by atoms with E-state index in [4.69, 9.17) is 16.0 Å². The van der Waals surface area contributed by atoms with Gasteiger partial charge >= 0.3 is 6.01 Å². The van der Waals surface area contributed by atoms with E-state index in [1.807, 2.05) is 6.92 Å². The van der Waals surface area contributed by atoms with Gasteiger partial charge in [0.25, 0.3) is 5.91 Å². The number of thioether (sulfide) groups is 1. The molecule has 8 heteroatoms. The minimum atomic E-state index is -0.234. The molecule has 1 aromatic heterocycles. The van der Waals surface area contributed by atoms with Crippen LogP contribution in [0.2, 0.25) is 5.02 Å². The van der Waals surface area contributed by atoms with Crippen molar-refractivity contribution in [1.82, 2.24) is 9.88 Å². The van der Waals surface area contributed by atoms with E-state index in [-0.39, 0.29) is 11.9 Å². The summed E-state index contributed by atoms with van der Waals surface area (Å²) in [6, 6.07) is 5.31. The molecular formula is C15H13ClN4O2S. The monoisotopic (exact) mass is 348 g/mol. The largest absolute Gasteiger partial charge is 0.423 e. The van der Waals surface area contributed by atoms with Crippen LogP contribution in [0.25, 0.3) is 11.1 Å². The standard InChI is InChI=1S/C15H13ClN4O2S/c1-8-12(23-15-17-5-2-6-20(8)15)13(21)19-14-18-10-7-9(16)3-4-11(10)22-14/h3-4,7H,2,5-6H2,1H3,(H,18,19,21). The van der Waals surface area contributed by atoms with Crippen molar-refractivity contribution >= 4 is 51.6 Å². The molecule has 2 aliphatic rings. The van der Waals surface area contributed by atoms with Gasteiger partial charge in [-0.3, -0.25) is 15.1 Å². The number of carbonyl (C=O) groups excluding carboxylic acids is 1. The second-order valence-corrected chi connectivity index (χ2v) is 6.69. The van der Waals surface area contributed by atoms with E-state index < -0.39 is 0 Å². The summed E-state index contributed by atoms with van der Waals surface area (Å²) in [5.74, 6) is -0.234. The Balaban J connectivity index is 1.58. The van der Waals surface area contributed by atoms with Crippen molar-refractivity contribution in [3.8, 4) is 0 Å². The Labute approximate surface area is 141 Å². The summed E-state index contributed by atoms with van der Waals surface area (Å²) in [5, 5.41) is 4.18. The number of fused-ring (bicyclic) bond motifs is 2. The molecule has 2 aliphatic heterocycles. The third kappa shape index (κ3) is 2.60. The highest BCUT2D eigenvalue weighted by atomic mass is 35.5. The zero-order valence-electron chi connectivity index (χ0n) is 12.3. The van der Waals surface area contributed by atoms with Crippen LogP contribution in [-0.2, 0) is 4.79 Å². The van der Waals surface area contributed by atoms with E-state index in [1.54, 1.807) is 18.2 Å². The summed E-state index contributed by atoms with van der Waals surface area (Å²) >= 11 is 7.32. The molecule has 0 saturated heterocycles. The van der Waals surface area contributed by atoms with Crippen LogP contribution in [-0.4, -0.2) is 34.0 Å². The fraction of sp³-hybridized carbons (Fsp3) is 0.267. The summed E-state index contributed by atoms with van der Waals surface area (Å²) in [4.78, 5) is 23.9. The summed E-state index contributed by atoms with van der Waals surface area (Å²) < 4.78 is 5.53. The van der Waals surface area contributed by atoms with Crippen LogP contribution >= 0.6 is 23.4 Å². The molecule has 23 heavy (non-hydrogen) atoms. The summed E-state index contributed by atoms with van der Waals surface area (Å²) in [7, 11) is 0. The molecule has 2 aromatic rings. The Kier molecular flexibility index (Phi) is 3.54. The van der Waals surface area contributed by atoms with Crippen LogP contribution in [0.5, 0.6) is 0 Å². The summed E-state index contributed by atoms with van der Waals surface area (Å²) in [6.45, 7) is 3.64. The van der Waals surface area contributed by atoms with E-state index in [9.17, 15) is 4.79 Å². The Hall–Kier alpha value is -1.99. The number of nitrogens with one attached hydrogen (secondary N) is 1. The highest BCUT2D eigenvalue weighted by Crippen LogP contribution is 2.36. The number of halogens is 1. The van der Waals surface area contributed by atoms with Crippen LogP contribution in [0.4, 0.5) is 6.01 Å². The molecule has 3 heterocycles. The minimum Gasteiger partial charge on any atom is -0.423 e. The number of benzene rings is 1. The van der Waals surface area contributed by atoms with E-state index >= 15 is 0 Å². The van der Waals surface area contributed by atoms with Crippen molar-refractivity contribution in [3.63, 3.8) is 0 Å². The van der Waals surface area contributed by atoms with Crippen molar-refractivity contribution in [2.75, 3.05) is 18.4 Å². The quantitative estimate of drug-likeness (QED) is 0.899. The van der Waals surface area contributed by atoms with Crippen molar-refractivity contribution < 1.29 is 9.21 Å². The molecule has 0 unspecified atom stereocenters. The lowest BCUT2D eigenvalue weighted by Gasteiger charge is -2.23. The maximum Gasteiger partial charge on any atom is 0.302 e. The number of amides is 1. The fourth-order valence-corrected chi connectivity index (χ4v) is 3.83. The van der Waals surface area contributed by atoms with E-state index in [0.717, 1.165) is 30.4 Å². The van der Waals surface area contributed by atoms with Crippen LogP contribution < -0.4 is 5.32 Å². The number of rotatable bonds is 2. The molecule has 0 saturated carbocycles. The average molecular weight is 349 g/mol. The number of hydrogen-bond donors (Lipinski definition) is 1. The number of oxazole rings is 1. The molecule has 118 valence electrons. The predicted molar refractivity (Wildman–Crippen MR) is 91.6 cm³/mol. The topological polar surface area (TPSA) is 70.7 Å². The predicted octanol–water partition coefficient (Wildman–Crippen LogP) is 3.46. The smallest absolute Gasteiger partial charge is 0.302 e. The average Bonchev–Trinajstić information content (AvgIpc) is 3.08. The molecule has 0 radical (unpaired) electrons. The molecule has 4 rings (SSSR count). The first-order valence-electron chi connectivity index (χ1n) is 7.20. The third-order valence-corrected chi connectivity index (χ3v) is 5.17. The number of aliphatic imine (C=N–C) groups is 1. The number of aromatic nitrogens is 1. The molecule has 1 amide bonds.